The molecule has 0 aliphatic heterocycles. The first-order valence-electron chi connectivity index (χ1n) is 12.2. The predicted octanol–water partition coefficient (Wildman–Crippen LogP) is 7.39. The van der Waals surface area contributed by atoms with Crippen LogP contribution in [-0.2, 0) is 14.9 Å². The van der Waals surface area contributed by atoms with Crippen LogP contribution in [-0.4, -0.2) is 25.1 Å². The highest BCUT2D eigenvalue weighted by molar-refractivity contribution is 7.17. The number of thiophene rings is 1. The van der Waals surface area contributed by atoms with E-state index in [9.17, 15) is 9.59 Å². The maximum Gasteiger partial charge on any atom is 0.341 e. The highest BCUT2D eigenvalue weighted by Gasteiger charge is 2.25. The molecule has 0 fully saturated rings. The van der Waals surface area contributed by atoms with Crippen LogP contribution in [0.2, 0.25) is 0 Å². The molecule has 1 aromatic heterocycles. The molecule has 3 rings (SSSR count). The number of ether oxygens (including phenoxy) is 2. The van der Waals surface area contributed by atoms with Crippen LogP contribution in [0.5, 0.6) is 5.75 Å². The lowest BCUT2D eigenvalue weighted by molar-refractivity contribution is -0.116. The van der Waals surface area contributed by atoms with Gasteiger partial charge < -0.3 is 14.8 Å². The number of aryl methyl sites for hydroxylation is 1. The van der Waals surface area contributed by atoms with Gasteiger partial charge in [-0.15, -0.1) is 11.3 Å². The number of amides is 1. The largest absolute Gasteiger partial charge is 0.494 e. The van der Waals surface area contributed by atoms with Crippen molar-refractivity contribution in [3.05, 3.63) is 70.6 Å². The van der Waals surface area contributed by atoms with Crippen molar-refractivity contribution < 1.29 is 19.1 Å². The van der Waals surface area contributed by atoms with Crippen LogP contribution >= 0.6 is 11.3 Å². The number of anilines is 1. The molecule has 0 spiro atoms. The molecule has 1 N–H and O–H groups in total. The van der Waals surface area contributed by atoms with Crippen LogP contribution in [0.3, 0.4) is 0 Å². The van der Waals surface area contributed by atoms with E-state index in [4.69, 9.17) is 9.47 Å². The normalized spacial score (nSPS) is 11.2. The highest BCUT2D eigenvalue weighted by atomic mass is 32.1. The molecule has 0 saturated heterocycles. The lowest BCUT2D eigenvalue weighted by atomic mass is 9.82. The van der Waals surface area contributed by atoms with E-state index in [0.717, 1.165) is 28.2 Å². The summed E-state index contributed by atoms with van der Waals surface area (Å²) in [5, 5.41) is 3.46. The standard InChI is InChI=1S/C29H35NO4S/c1-6-29(4,5)22-15-17-23(18-16-22)34-19-11-14-24(31)30-27-26(28(32)33-7-2)25(20(3)35-27)21-12-9-8-10-13-21/h8-10,12-13,15-18H,6-7,11,14,19H2,1-5H3,(H,30,31). The Balaban J connectivity index is 1.61. The van der Waals surface area contributed by atoms with Crippen LogP contribution in [0.4, 0.5) is 5.00 Å². The molecule has 2 aromatic carbocycles. The summed E-state index contributed by atoms with van der Waals surface area (Å²) in [6.07, 6.45) is 1.93. The van der Waals surface area contributed by atoms with Crippen molar-refractivity contribution in [2.45, 2.75) is 59.3 Å². The second-order valence-corrected chi connectivity index (χ2v) is 10.3. The second-order valence-electron chi connectivity index (χ2n) is 9.09. The minimum Gasteiger partial charge on any atom is -0.494 e. The molecule has 35 heavy (non-hydrogen) atoms. The third kappa shape index (κ3) is 6.73. The number of nitrogens with one attached hydrogen (secondary N) is 1. The quantitative estimate of drug-likeness (QED) is 0.223. The molecular formula is C29H35NO4S. The van der Waals surface area contributed by atoms with Gasteiger partial charge in [0.25, 0.3) is 0 Å². The molecule has 5 nitrogen and oxygen atoms in total. The van der Waals surface area contributed by atoms with Gasteiger partial charge in [-0.05, 0) is 55.4 Å². The Morgan fingerprint density at radius 3 is 2.31 bits per heavy atom. The van der Waals surface area contributed by atoms with Crippen LogP contribution in [0.15, 0.2) is 54.6 Å². The summed E-state index contributed by atoms with van der Waals surface area (Å²) in [6.45, 7) is 11.1. The van der Waals surface area contributed by atoms with E-state index in [1.807, 2.05) is 49.4 Å². The van der Waals surface area contributed by atoms with Crippen molar-refractivity contribution in [1.82, 2.24) is 0 Å². The van der Waals surface area contributed by atoms with Gasteiger partial charge in [0.1, 0.15) is 16.3 Å². The van der Waals surface area contributed by atoms with Gasteiger partial charge >= 0.3 is 5.97 Å². The average molecular weight is 494 g/mol. The van der Waals surface area contributed by atoms with Crippen molar-refractivity contribution in [3.8, 4) is 16.9 Å². The summed E-state index contributed by atoms with van der Waals surface area (Å²) >= 11 is 1.40. The zero-order valence-electron chi connectivity index (χ0n) is 21.3. The topological polar surface area (TPSA) is 64.6 Å². The maximum absolute atomic E-state index is 12.8. The molecule has 6 heteroatoms. The van der Waals surface area contributed by atoms with Crippen LogP contribution in [0, 0.1) is 6.92 Å². The molecule has 3 aromatic rings. The molecule has 1 heterocycles. The van der Waals surface area contributed by atoms with E-state index in [1.54, 1.807) is 6.92 Å². The second kappa shape index (κ2) is 12.0. The summed E-state index contributed by atoms with van der Waals surface area (Å²) < 4.78 is 11.1. The molecule has 0 unspecified atom stereocenters. The van der Waals surface area contributed by atoms with Crippen LogP contribution < -0.4 is 10.1 Å². The van der Waals surface area contributed by atoms with Crippen molar-refractivity contribution in [1.29, 1.82) is 0 Å². The summed E-state index contributed by atoms with van der Waals surface area (Å²) in [5.74, 6) is 0.219. The van der Waals surface area contributed by atoms with Crippen LogP contribution in [0.1, 0.15) is 67.8 Å². The molecule has 186 valence electrons. The minimum atomic E-state index is -0.427. The minimum absolute atomic E-state index is 0.138. The maximum atomic E-state index is 12.8. The fourth-order valence-electron chi connectivity index (χ4n) is 3.80. The van der Waals surface area contributed by atoms with E-state index < -0.39 is 5.97 Å². The van der Waals surface area contributed by atoms with Crippen molar-refractivity contribution in [2.24, 2.45) is 0 Å². The molecule has 0 aliphatic rings. The fraction of sp³-hybridized carbons (Fsp3) is 0.379. The zero-order chi connectivity index (χ0) is 25.4. The number of carbonyl (C=O) groups is 2. The first kappa shape index (κ1) is 26.5. The number of carbonyl (C=O) groups excluding carboxylic acids is 2. The Morgan fingerprint density at radius 1 is 1.00 bits per heavy atom. The van der Waals surface area contributed by atoms with E-state index in [-0.39, 0.29) is 17.9 Å². The Labute approximate surface area is 212 Å². The van der Waals surface area contributed by atoms with Gasteiger partial charge in [-0.1, -0.05) is 63.2 Å². The van der Waals surface area contributed by atoms with Gasteiger partial charge in [0.05, 0.1) is 13.2 Å². The van der Waals surface area contributed by atoms with E-state index in [1.165, 1.54) is 16.9 Å². The molecule has 0 aliphatic carbocycles. The number of esters is 1. The van der Waals surface area contributed by atoms with E-state index in [0.29, 0.717) is 30.0 Å². The first-order chi connectivity index (χ1) is 16.8. The van der Waals surface area contributed by atoms with E-state index >= 15 is 0 Å². The number of benzene rings is 2. The molecule has 0 atom stereocenters. The van der Waals surface area contributed by atoms with Gasteiger partial charge in [-0.2, -0.15) is 0 Å². The van der Waals surface area contributed by atoms with Gasteiger partial charge in [0.2, 0.25) is 5.91 Å². The lowest BCUT2D eigenvalue weighted by Crippen LogP contribution is -2.15. The first-order valence-corrected chi connectivity index (χ1v) is 13.0. The number of rotatable bonds is 11. The molecule has 0 bridgehead atoms. The number of hydrogen-bond acceptors (Lipinski definition) is 5. The van der Waals surface area contributed by atoms with Gasteiger partial charge in [0.15, 0.2) is 0 Å². The van der Waals surface area contributed by atoms with E-state index in [2.05, 4.69) is 38.2 Å². The number of hydrogen-bond donors (Lipinski definition) is 1. The van der Waals surface area contributed by atoms with Crippen molar-refractivity contribution in [3.63, 3.8) is 0 Å². The van der Waals surface area contributed by atoms with Crippen molar-refractivity contribution >= 4 is 28.2 Å². The summed E-state index contributed by atoms with van der Waals surface area (Å²) in [7, 11) is 0. The fourth-order valence-corrected chi connectivity index (χ4v) is 4.88. The molecular weight excluding hydrogens is 458 g/mol. The van der Waals surface area contributed by atoms with Crippen LogP contribution in [0.25, 0.3) is 11.1 Å². The summed E-state index contributed by atoms with van der Waals surface area (Å²) in [4.78, 5) is 26.4. The van der Waals surface area contributed by atoms with Gasteiger partial charge in [-0.3, -0.25) is 4.79 Å². The summed E-state index contributed by atoms with van der Waals surface area (Å²) in [5.41, 5.74) is 3.57. The molecule has 1 amide bonds. The molecule has 0 saturated carbocycles. The monoisotopic (exact) mass is 493 g/mol. The van der Waals surface area contributed by atoms with Gasteiger partial charge in [-0.25, -0.2) is 4.79 Å². The smallest absolute Gasteiger partial charge is 0.341 e. The zero-order valence-corrected chi connectivity index (χ0v) is 22.1. The Kier molecular flexibility index (Phi) is 9.10. The Morgan fingerprint density at radius 2 is 1.69 bits per heavy atom. The van der Waals surface area contributed by atoms with Crippen molar-refractivity contribution in [2.75, 3.05) is 18.5 Å². The van der Waals surface area contributed by atoms with Gasteiger partial charge in [0, 0.05) is 16.9 Å². The SMILES string of the molecule is CCOC(=O)c1c(NC(=O)CCCOc2ccc(C(C)(C)CC)cc2)sc(C)c1-c1ccccc1. The average Bonchev–Trinajstić information content (AvgIpc) is 3.18. The summed E-state index contributed by atoms with van der Waals surface area (Å²) in [6, 6.07) is 17.9. The highest BCUT2D eigenvalue weighted by Crippen LogP contribution is 2.40. The molecule has 0 radical (unpaired) electrons. The lowest BCUT2D eigenvalue weighted by Gasteiger charge is -2.23. The predicted molar refractivity (Wildman–Crippen MR) is 144 cm³/mol. The Bertz CT molecular complexity index is 1130. The Hall–Kier alpha value is -3.12. The third-order valence-corrected chi connectivity index (χ3v) is 7.24. The third-order valence-electron chi connectivity index (χ3n) is 6.22.